The Morgan fingerprint density at radius 2 is 1.75 bits per heavy atom. The lowest BCUT2D eigenvalue weighted by molar-refractivity contribution is -0.337. The highest BCUT2D eigenvalue weighted by atomic mass is 16.7. The van der Waals surface area contributed by atoms with Gasteiger partial charge in [-0.15, -0.1) is 0 Å². The van der Waals surface area contributed by atoms with Crippen molar-refractivity contribution in [1.82, 2.24) is 0 Å². The lowest BCUT2D eigenvalue weighted by Gasteiger charge is -2.49. The molecule has 0 bridgehead atoms. The van der Waals surface area contributed by atoms with Crippen LogP contribution in [-0.2, 0) is 15.3 Å². The van der Waals surface area contributed by atoms with E-state index in [1.54, 1.807) is 7.11 Å². The molecule has 1 aromatic rings. The van der Waals surface area contributed by atoms with Gasteiger partial charge in [0, 0.05) is 11.0 Å². The number of ether oxygens (including phenoxy) is 3. The number of rotatable bonds is 3. The summed E-state index contributed by atoms with van der Waals surface area (Å²) in [6, 6.07) is 7.90. The van der Waals surface area contributed by atoms with Gasteiger partial charge < -0.3 is 14.2 Å². The molecule has 1 aliphatic rings. The number of benzene rings is 1. The van der Waals surface area contributed by atoms with Crippen LogP contribution in [0.2, 0.25) is 0 Å². The van der Waals surface area contributed by atoms with Gasteiger partial charge >= 0.3 is 0 Å². The van der Waals surface area contributed by atoms with Crippen molar-refractivity contribution in [2.45, 2.75) is 46.5 Å². The zero-order chi connectivity index (χ0) is 15.0. The summed E-state index contributed by atoms with van der Waals surface area (Å²) in [5, 5.41) is 0. The summed E-state index contributed by atoms with van der Waals surface area (Å²) in [5.74, 6) is 0.608. The molecule has 3 heteroatoms. The summed E-state index contributed by atoms with van der Waals surface area (Å²) in [6.07, 6.45) is 0.170. The Balaban J connectivity index is 2.26. The van der Waals surface area contributed by atoms with Crippen molar-refractivity contribution in [3.05, 3.63) is 29.8 Å². The van der Waals surface area contributed by atoms with E-state index in [1.165, 1.54) is 0 Å². The summed E-state index contributed by atoms with van der Waals surface area (Å²) in [4.78, 5) is 0. The van der Waals surface area contributed by atoms with Crippen LogP contribution in [0, 0.1) is 11.3 Å². The van der Waals surface area contributed by atoms with Crippen LogP contribution in [0.4, 0.5) is 0 Å². The molecule has 0 aromatic heterocycles. The van der Waals surface area contributed by atoms with Gasteiger partial charge in [-0.25, -0.2) is 0 Å². The van der Waals surface area contributed by atoms with Crippen molar-refractivity contribution >= 4 is 0 Å². The normalized spacial score (nSPS) is 29.4. The van der Waals surface area contributed by atoms with Gasteiger partial charge in [-0.2, -0.15) is 0 Å². The fourth-order valence-corrected chi connectivity index (χ4v) is 2.93. The van der Waals surface area contributed by atoms with Gasteiger partial charge in [0.05, 0.1) is 19.8 Å². The second-order valence-corrected chi connectivity index (χ2v) is 6.73. The van der Waals surface area contributed by atoms with Gasteiger partial charge in [-0.05, 0) is 37.1 Å². The van der Waals surface area contributed by atoms with E-state index >= 15 is 0 Å². The maximum absolute atomic E-state index is 6.35. The minimum absolute atomic E-state index is 0.0279. The van der Waals surface area contributed by atoms with Crippen LogP contribution >= 0.6 is 0 Å². The van der Waals surface area contributed by atoms with Crippen molar-refractivity contribution in [3.8, 4) is 5.75 Å². The quantitative estimate of drug-likeness (QED) is 0.837. The average Bonchev–Trinajstić information content (AvgIpc) is 2.41. The fourth-order valence-electron chi connectivity index (χ4n) is 2.93. The number of hydrogen-bond donors (Lipinski definition) is 0. The zero-order valence-electron chi connectivity index (χ0n) is 13.4. The van der Waals surface area contributed by atoms with Gasteiger partial charge in [-0.3, -0.25) is 0 Å². The summed E-state index contributed by atoms with van der Waals surface area (Å²) in [6.45, 7) is 11.5. The van der Waals surface area contributed by atoms with Crippen molar-refractivity contribution in [1.29, 1.82) is 0 Å². The number of hydrogen-bond acceptors (Lipinski definition) is 3. The summed E-state index contributed by atoms with van der Waals surface area (Å²) in [7, 11) is 1.67. The van der Waals surface area contributed by atoms with Gasteiger partial charge in [0.1, 0.15) is 5.75 Å². The van der Waals surface area contributed by atoms with E-state index in [0.29, 0.717) is 12.5 Å². The number of methoxy groups -OCH3 is 1. The third kappa shape index (κ3) is 2.84. The highest BCUT2D eigenvalue weighted by molar-refractivity contribution is 5.29. The van der Waals surface area contributed by atoms with Crippen LogP contribution in [-0.4, -0.2) is 19.8 Å². The van der Waals surface area contributed by atoms with Crippen LogP contribution < -0.4 is 4.74 Å². The molecule has 1 aromatic carbocycles. The molecule has 0 aliphatic carbocycles. The van der Waals surface area contributed by atoms with Crippen LogP contribution in [0.3, 0.4) is 0 Å². The van der Waals surface area contributed by atoms with Crippen LogP contribution in [0.15, 0.2) is 24.3 Å². The van der Waals surface area contributed by atoms with E-state index in [1.807, 2.05) is 31.2 Å². The average molecular weight is 278 g/mol. The van der Waals surface area contributed by atoms with E-state index in [-0.39, 0.29) is 11.5 Å². The molecular weight excluding hydrogens is 252 g/mol. The van der Waals surface area contributed by atoms with Gasteiger partial charge in [0.15, 0.2) is 5.79 Å². The molecule has 1 fully saturated rings. The summed E-state index contributed by atoms with van der Waals surface area (Å²) < 4.78 is 17.6. The molecule has 1 aliphatic heterocycles. The van der Waals surface area contributed by atoms with Crippen molar-refractivity contribution in [3.63, 3.8) is 0 Å². The first-order valence-electron chi connectivity index (χ1n) is 7.25. The van der Waals surface area contributed by atoms with E-state index in [2.05, 4.69) is 27.7 Å². The van der Waals surface area contributed by atoms with Crippen LogP contribution in [0.25, 0.3) is 0 Å². The maximum atomic E-state index is 6.35. The van der Waals surface area contributed by atoms with Crippen molar-refractivity contribution in [2.24, 2.45) is 11.3 Å². The third-order valence-electron chi connectivity index (χ3n) is 4.06. The summed E-state index contributed by atoms with van der Waals surface area (Å²) >= 11 is 0. The molecule has 2 unspecified atom stereocenters. The monoisotopic (exact) mass is 278 g/mol. The summed E-state index contributed by atoms with van der Waals surface area (Å²) in [5.41, 5.74) is 1.06. The highest BCUT2D eigenvalue weighted by Gasteiger charge is 2.46. The zero-order valence-corrected chi connectivity index (χ0v) is 13.4. The predicted octanol–water partition coefficient (Wildman–Crippen LogP) is 3.97. The molecule has 112 valence electrons. The highest BCUT2D eigenvalue weighted by Crippen LogP contribution is 2.43. The topological polar surface area (TPSA) is 27.7 Å². The smallest absolute Gasteiger partial charge is 0.192 e. The first kappa shape index (κ1) is 15.3. The Kier molecular flexibility index (Phi) is 4.12. The second kappa shape index (κ2) is 5.38. The van der Waals surface area contributed by atoms with E-state index in [9.17, 15) is 0 Å². The maximum Gasteiger partial charge on any atom is 0.192 e. The van der Waals surface area contributed by atoms with Gasteiger partial charge in [-0.1, -0.05) is 27.7 Å². The molecule has 2 atom stereocenters. The van der Waals surface area contributed by atoms with E-state index < -0.39 is 5.79 Å². The molecule has 1 heterocycles. The minimum atomic E-state index is -0.684. The lowest BCUT2D eigenvalue weighted by atomic mass is 9.80. The van der Waals surface area contributed by atoms with E-state index in [0.717, 1.165) is 11.3 Å². The van der Waals surface area contributed by atoms with E-state index in [4.69, 9.17) is 14.2 Å². The Bertz CT molecular complexity index is 450. The molecule has 1 saturated heterocycles. The Morgan fingerprint density at radius 1 is 1.15 bits per heavy atom. The molecular formula is C17H26O3. The molecule has 0 saturated carbocycles. The van der Waals surface area contributed by atoms with Crippen LogP contribution in [0.1, 0.15) is 40.2 Å². The largest absolute Gasteiger partial charge is 0.497 e. The van der Waals surface area contributed by atoms with Crippen LogP contribution in [0.5, 0.6) is 5.75 Å². The molecule has 20 heavy (non-hydrogen) atoms. The lowest BCUT2D eigenvalue weighted by Crippen LogP contribution is -2.52. The standard InChI is InChI=1S/C17H26O3/c1-12(2)15-16(3,4)11-19-17(5,20-15)13-7-9-14(18-6)10-8-13/h7-10,12,15H,11H2,1-6H3. The minimum Gasteiger partial charge on any atom is -0.497 e. The Hall–Kier alpha value is -1.06. The molecule has 0 amide bonds. The third-order valence-corrected chi connectivity index (χ3v) is 4.06. The van der Waals surface area contributed by atoms with Gasteiger partial charge in [0.25, 0.3) is 0 Å². The van der Waals surface area contributed by atoms with Gasteiger partial charge in [0.2, 0.25) is 0 Å². The first-order valence-corrected chi connectivity index (χ1v) is 7.25. The predicted molar refractivity (Wildman–Crippen MR) is 79.8 cm³/mol. The Morgan fingerprint density at radius 3 is 2.25 bits per heavy atom. The van der Waals surface area contributed by atoms with Crippen molar-refractivity contribution < 1.29 is 14.2 Å². The molecule has 2 rings (SSSR count). The Labute approximate surface area is 122 Å². The molecule has 0 radical (unpaired) electrons. The van der Waals surface area contributed by atoms with Crippen molar-refractivity contribution in [2.75, 3.05) is 13.7 Å². The molecule has 3 nitrogen and oxygen atoms in total. The fraction of sp³-hybridized carbons (Fsp3) is 0.647. The first-order chi connectivity index (χ1) is 9.28. The second-order valence-electron chi connectivity index (χ2n) is 6.73. The SMILES string of the molecule is COc1ccc(C2(C)OCC(C)(C)C(C(C)C)O2)cc1. The molecule has 0 spiro atoms. The molecule has 0 N–H and O–H groups in total.